The van der Waals surface area contributed by atoms with E-state index in [0.29, 0.717) is 12.0 Å². The normalized spacial score (nSPS) is 30.7. The lowest BCUT2D eigenvalue weighted by Gasteiger charge is -2.27. The molecule has 15 heavy (non-hydrogen) atoms. The Labute approximate surface area is 93.2 Å². The van der Waals surface area contributed by atoms with Crippen LogP contribution in [0.4, 0.5) is 0 Å². The fourth-order valence-corrected chi connectivity index (χ4v) is 2.20. The molecule has 1 fully saturated rings. The Morgan fingerprint density at radius 3 is 2.40 bits per heavy atom. The van der Waals surface area contributed by atoms with Crippen molar-refractivity contribution in [1.82, 2.24) is 10.2 Å². The number of carbonyl (C=O) groups excluding carboxylic acids is 1. The highest BCUT2D eigenvalue weighted by molar-refractivity contribution is 5.84. The second-order valence-corrected chi connectivity index (χ2v) is 4.71. The predicted molar refractivity (Wildman–Crippen MR) is 62.4 cm³/mol. The van der Waals surface area contributed by atoms with Gasteiger partial charge in [-0.15, -0.1) is 0 Å². The molecule has 0 aromatic carbocycles. The Morgan fingerprint density at radius 1 is 1.33 bits per heavy atom. The van der Waals surface area contributed by atoms with Crippen molar-refractivity contribution in [2.75, 3.05) is 0 Å². The number of nitrogens with zero attached hydrogens (tertiary/aromatic N) is 1. The number of hydrogen-bond acceptors (Lipinski definition) is 2. The molecule has 0 radical (unpaired) electrons. The topological polar surface area (TPSA) is 32.3 Å². The van der Waals surface area contributed by atoms with Crippen LogP contribution >= 0.6 is 0 Å². The van der Waals surface area contributed by atoms with Crippen molar-refractivity contribution in [2.45, 2.75) is 65.7 Å². The number of amides is 1. The minimum Gasteiger partial charge on any atom is -0.323 e. The quantitative estimate of drug-likeness (QED) is 0.773. The Bertz CT molecular complexity index is 230. The summed E-state index contributed by atoms with van der Waals surface area (Å²) in [4.78, 5) is 14.2. The van der Waals surface area contributed by atoms with E-state index in [1.807, 2.05) is 4.90 Å². The van der Waals surface area contributed by atoms with E-state index in [0.717, 1.165) is 12.8 Å². The third-order valence-corrected chi connectivity index (χ3v) is 3.64. The van der Waals surface area contributed by atoms with Gasteiger partial charge in [0.25, 0.3) is 0 Å². The predicted octanol–water partition coefficient (Wildman–Crippen LogP) is 1.98. The van der Waals surface area contributed by atoms with E-state index < -0.39 is 0 Å². The zero-order chi connectivity index (χ0) is 11.6. The van der Waals surface area contributed by atoms with E-state index in [2.05, 4.69) is 39.9 Å². The molecule has 0 aromatic rings. The highest BCUT2D eigenvalue weighted by Gasteiger charge is 2.40. The molecule has 3 nitrogen and oxygen atoms in total. The van der Waals surface area contributed by atoms with Gasteiger partial charge in [0.1, 0.15) is 0 Å². The van der Waals surface area contributed by atoms with Gasteiger partial charge in [0.15, 0.2) is 0 Å². The Morgan fingerprint density at radius 2 is 1.93 bits per heavy atom. The number of rotatable bonds is 4. The lowest BCUT2D eigenvalue weighted by Crippen LogP contribution is -2.41. The number of carbonyl (C=O) groups is 1. The zero-order valence-electron chi connectivity index (χ0n) is 10.6. The Kier molecular flexibility index (Phi) is 4.14. The van der Waals surface area contributed by atoms with Crippen LogP contribution in [-0.2, 0) is 4.79 Å². The van der Waals surface area contributed by atoms with Gasteiger partial charge in [-0.1, -0.05) is 27.2 Å². The summed E-state index contributed by atoms with van der Waals surface area (Å²) in [5.41, 5.74) is 0. The summed E-state index contributed by atoms with van der Waals surface area (Å²) in [6.07, 6.45) is 2.25. The summed E-state index contributed by atoms with van der Waals surface area (Å²) in [6, 6.07) is 0.369. The van der Waals surface area contributed by atoms with E-state index >= 15 is 0 Å². The lowest BCUT2D eigenvalue weighted by atomic mass is 9.99. The minimum atomic E-state index is 0.0269. The van der Waals surface area contributed by atoms with Gasteiger partial charge in [-0.2, -0.15) is 0 Å². The largest absolute Gasteiger partial charge is 0.323 e. The van der Waals surface area contributed by atoms with Crippen LogP contribution < -0.4 is 5.32 Å². The molecule has 1 N–H and O–H groups in total. The van der Waals surface area contributed by atoms with Gasteiger partial charge in [-0.3, -0.25) is 10.1 Å². The summed E-state index contributed by atoms with van der Waals surface area (Å²) in [6.45, 7) is 10.6. The van der Waals surface area contributed by atoms with Crippen LogP contribution in [0.2, 0.25) is 0 Å². The van der Waals surface area contributed by atoms with Gasteiger partial charge in [0, 0.05) is 6.04 Å². The van der Waals surface area contributed by atoms with Crippen molar-refractivity contribution in [1.29, 1.82) is 0 Å². The van der Waals surface area contributed by atoms with Crippen molar-refractivity contribution in [3.63, 3.8) is 0 Å². The van der Waals surface area contributed by atoms with Crippen molar-refractivity contribution in [3.8, 4) is 0 Å². The maximum Gasteiger partial charge on any atom is 0.241 e. The maximum absolute atomic E-state index is 12.2. The van der Waals surface area contributed by atoms with Crippen molar-refractivity contribution in [2.24, 2.45) is 5.92 Å². The van der Waals surface area contributed by atoms with E-state index in [1.165, 1.54) is 0 Å². The first-order chi connectivity index (χ1) is 7.02. The molecular weight excluding hydrogens is 188 g/mol. The molecule has 1 amide bonds. The molecule has 1 saturated heterocycles. The van der Waals surface area contributed by atoms with Crippen LogP contribution in [0.5, 0.6) is 0 Å². The first-order valence-corrected chi connectivity index (χ1v) is 6.11. The highest BCUT2D eigenvalue weighted by Crippen LogP contribution is 2.22. The third kappa shape index (κ3) is 2.33. The van der Waals surface area contributed by atoms with Crippen LogP contribution in [0, 0.1) is 5.92 Å². The van der Waals surface area contributed by atoms with Crippen molar-refractivity contribution in [3.05, 3.63) is 0 Å². The summed E-state index contributed by atoms with van der Waals surface area (Å²) < 4.78 is 0. The average Bonchev–Trinajstić information content (AvgIpc) is 2.52. The Hall–Kier alpha value is -0.570. The summed E-state index contributed by atoms with van der Waals surface area (Å²) >= 11 is 0. The summed E-state index contributed by atoms with van der Waals surface area (Å²) in [5.74, 6) is 0.709. The van der Waals surface area contributed by atoms with Gasteiger partial charge in [0.2, 0.25) is 5.91 Å². The van der Waals surface area contributed by atoms with Crippen LogP contribution in [0.3, 0.4) is 0 Å². The van der Waals surface area contributed by atoms with Crippen LogP contribution in [0.1, 0.15) is 47.5 Å². The highest BCUT2D eigenvalue weighted by atomic mass is 16.2. The monoisotopic (exact) mass is 212 g/mol. The number of nitrogens with one attached hydrogen (secondary N) is 1. The molecule has 0 spiro atoms. The average molecular weight is 212 g/mol. The standard InChI is InChI=1S/C12H24N2O/c1-6-8(3)11-12(15)14(9(4)7-2)10(5)13-11/h8-11,13H,6-7H2,1-5H3. The van der Waals surface area contributed by atoms with E-state index in [9.17, 15) is 4.79 Å². The molecule has 1 heterocycles. The molecule has 0 aromatic heterocycles. The second kappa shape index (κ2) is 4.97. The molecule has 88 valence electrons. The van der Waals surface area contributed by atoms with Gasteiger partial charge in [0.05, 0.1) is 12.2 Å². The molecule has 0 saturated carbocycles. The fraction of sp³-hybridized carbons (Fsp3) is 0.917. The van der Waals surface area contributed by atoms with Crippen LogP contribution in [0.15, 0.2) is 0 Å². The zero-order valence-corrected chi connectivity index (χ0v) is 10.6. The van der Waals surface area contributed by atoms with E-state index in [-0.39, 0.29) is 18.1 Å². The van der Waals surface area contributed by atoms with Gasteiger partial charge in [-0.25, -0.2) is 0 Å². The first-order valence-electron chi connectivity index (χ1n) is 6.11. The number of hydrogen-bond donors (Lipinski definition) is 1. The lowest BCUT2D eigenvalue weighted by molar-refractivity contribution is -0.132. The molecule has 0 bridgehead atoms. The molecule has 1 aliphatic rings. The van der Waals surface area contributed by atoms with Crippen LogP contribution in [0.25, 0.3) is 0 Å². The molecule has 1 aliphatic heterocycles. The smallest absolute Gasteiger partial charge is 0.241 e. The third-order valence-electron chi connectivity index (χ3n) is 3.64. The van der Waals surface area contributed by atoms with Gasteiger partial charge in [-0.05, 0) is 26.2 Å². The summed E-state index contributed by atoms with van der Waals surface area (Å²) in [7, 11) is 0. The van der Waals surface area contributed by atoms with Crippen LogP contribution in [-0.4, -0.2) is 29.1 Å². The van der Waals surface area contributed by atoms with Crippen molar-refractivity contribution < 1.29 is 4.79 Å². The molecule has 4 atom stereocenters. The fourth-order valence-electron chi connectivity index (χ4n) is 2.20. The SMILES string of the molecule is CCC(C)C1NC(C)N(C(C)CC)C1=O. The van der Waals surface area contributed by atoms with Crippen molar-refractivity contribution >= 4 is 5.91 Å². The molecule has 4 unspecified atom stereocenters. The molecule has 1 rings (SSSR count). The Balaban J connectivity index is 2.74. The summed E-state index contributed by atoms with van der Waals surface area (Å²) in [5, 5.41) is 3.40. The molecular formula is C12H24N2O. The van der Waals surface area contributed by atoms with Gasteiger partial charge < -0.3 is 4.90 Å². The molecule has 3 heteroatoms. The molecule has 0 aliphatic carbocycles. The second-order valence-electron chi connectivity index (χ2n) is 4.71. The van der Waals surface area contributed by atoms with E-state index in [4.69, 9.17) is 0 Å². The maximum atomic E-state index is 12.2. The van der Waals surface area contributed by atoms with E-state index in [1.54, 1.807) is 0 Å². The van der Waals surface area contributed by atoms with Gasteiger partial charge >= 0.3 is 0 Å². The first kappa shape index (κ1) is 12.5. The minimum absolute atomic E-state index is 0.0269.